The molecule has 8 heteroatoms. The van der Waals surface area contributed by atoms with Crippen LogP contribution in [-0.2, 0) is 11.3 Å². The zero-order valence-electron chi connectivity index (χ0n) is 18.8. The van der Waals surface area contributed by atoms with Gasteiger partial charge < -0.3 is 9.67 Å². The van der Waals surface area contributed by atoms with E-state index < -0.39 is 23.3 Å². The number of hydrogen-bond acceptors (Lipinski definition) is 5. The Bertz CT molecular complexity index is 1260. The van der Waals surface area contributed by atoms with Crippen LogP contribution in [0.5, 0.6) is 5.75 Å². The van der Waals surface area contributed by atoms with E-state index in [4.69, 9.17) is 0 Å². The molecule has 33 heavy (non-hydrogen) atoms. The molecule has 2 heterocycles. The SMILES string of the molecule is C=C(C)C1CC(=O)C(C)=C(c2cn3c(c(O)c2=O)C(=O)N(Cc2ccc(F)cc2)NC3C)C1. The van der Waals surface area contributed by atoms with Crippen LogP contribution in [0.3, 0.4) is 0 Å². The van der Waals surface area contributed by atoms with Gasteiger partial charge >= 0.3 is 0 Å². The van der Waals surface area contributed by atoms with Crippen molar-refractivity contribution in [1.82, 2.24) is 15.0 Å². The highest BCUT2D eigenvalue weighted by atomic mass is 19.1. The maximum Gasteiger partial charge on any atom is 0.289 e. The number of fused-ring (bicyclic) bond motifs is 1. The molecule has 4 rings (SSSR count). The van der Waals surface area contributed by atoms with Crippen LogP contribution >= 0.6 is 0 Å². The van der Waals surface area contributed by atoms with Crippen LogP contribution in [0.1, 0.15) is 61.4 Å². The van der Waals surface area contributed by atoms with Gasteiger partial charge in [0.2, 0.25) is 5.43 Å². The molecule has 0 saturated carbocycles. The number of allylic oxidation sites excluding steroid dienone is 3. The number of pyridine rings is 1. The Labute approximate surface area is 190 Å². The molecule has 1 aliphatic carbocycles. The standard InChI is InChI=1S/C25H26FN3O4/c1-13(2)17-9-19(14(3)21(30)10-17)20-12-28-15(4)27-29(11-16-5-7-18(26)8-6-16)25(33)22(28)24(32)23(20)31/h5-8,12,15,17,27,32H,1,9-11H2,2-4H3. The van der Waals surface area contributed by atoms with Crippen LogP contribution in [0.2, 0.25) is 0 Å². The molecular formula is C25H26FN3O4. The molecule has 2 aliphatic rings. The molecule has 0 bridgehead atoms. The number of aromatic nitrogens is 1. The first-order valence-corrected chi connectivity index (χ1v) is 10.8. The molecule has 0 fully saturated rings. The van der Waals surface area contributed by atoms with E-state index in [1.165, 1.54) is 27.9 Å². The molecule has 1 aromatic carbocycles. The van der Waals surface area contributed by atoms with E-state index in [9.17, 15) is 23.9 Å². The third kappa shape index (κ3) is 4.02. The number of hydrogen-bond donors (Lipinski definition) is 2. The first-order valence-electron chi connectivity index (χ1n) is 10.8. The molecule has 2 aromatic rings. The number of nitrogens with one attached hydrogen (secondary N) is 1. The topological polar surface area (TPSA) is 91.6 Å². The normalized spacial score (nSPS) is 20.8. The van der Waals surface area contributed by atoms with Gasteiger partial charge in [-0.05, 0) is 62.0 Å². The maximum atomic E-state index is 13.2. The summed E-state index contributed by atoms with van der Waals surface area (Å²) >= 11 is 0. The second-order valence-corrected chi connectivity index (χ2v) is 8.78. The number of ketones is 1. The summed E-state index contributed by atoms with van der Waals surface area (Å²) in [6, 6.07) is 5.73. The zero-order valence-corrected chi connectivity index (χ0v) is 18.8. The molecular weight excluding hydrogens is 425 g/mol. The Kier molecular flexibility index (Phi) is 5.80. The Morgan fingerprint density at radius 3 is 2.52 bits per heavy atom. The summed E-state index contributed by atoms with van der Waals surface area (Å²) in [5.41, 5.74) is 5.05. The Morgan fingerprint density at radius 2 is 1.88 bits per heavy atom. The van der Waals surface area contributed by atoms with Crippen molar-refractivity contribution in [2.75, 3.05) is 0 Å². The summed E-state index contributed by atoms with van der Waals surface area (Å²) in [5, 5.41) is 12.1. The fourth-order valence-corrected chi connectivity index (χ4v) is 4.39. The number of amides is 1. The molecule has 0 spiro atoms. The smallest absolute Gasteiger partial charge is 0.289 e. The number of benzene rings is 1. The monoisotopic (exact) mass is 451 g/mol. The number of halogens is 1. The lowest BCUT2D eigenvalue weighted by atomic mass is 9.78. The molecule has 1 amide bonds. The number of nitrogens with zero attached hydrogens (tertiary/aromatic N) is 2. The van der Waals surface area contributed by atoms with Gasteiger partial charge in [0, 0.05) is 18.2 Å². The molecule has 2 atom stereocenters. The van der Waals surface area contributed by atoms with Gasteiger partial charge in [-0.1, -0.05) is 24.3 Å². The molecule has 2 unspecified atom stereocenters. The summed E-state index contributed by atoms with van der Waals surface area (Å²) in [6.07, 6.45) is 1.88. The number of hydrazine groups is 1. The number of Topliss-reactive ketones (excluding diaryl/α,β-unsaturated/α-hetero) is 1. The van der Waals surface area contributed by atoms with Crippen molar-refractivity contribution >= 4 is 17.3 Å². The minimum absolute atomic E-state index is 0.0569. The van der Waals surface area contributed by atoms with Crippen molar-refractivity contribution in [2.45, 2.75) is 46.3 Å². The van der Waals surface area contributed by atoms with Gasteiger partial charge in [0.15, 0.2) is 17.2 Å². The van der Waals surface area contributed by atoms with Crippen LogP contribution in [0.4, 0.5) is 4.39 Å². The summed E-state index contributed by atoms with van der Waals surface area (Å²) in [4.78, 5) is 38.9. The molecule has 1 aliphatic heterocycles. The van der Waals surface area contributed by atoms with Gasteiger partial charge in [-0.15, -0.1) is 0 Å². The predicted octanol–water partition coefficient (Wildman–Crippen LogP) is 3.70. The second kappa shape index (κ2) is 8.44. The lowest BCUT2D eigenvalue weighted by Crippen LogP contribution is -2.51. The molecule has 0 radical (unpaired) electrons. The lowest BCUT2D eigenvalue weighted by molar-refractivity contribution is -0.116. The van der Waals surface area contributed by atoms with Crippen molar-refractivity contribution in [3.8, 4) is 5.75 Å². The summed E-state index contributed by atoms with van der Waals surface area (Å²) < 4.78 is 14.7. The van der Waals surface area contributed by atoms with Crippen molar-refractivity contribution in [3.05, 3.63) is 81.0 Å². The van der Waals surface area contributed by atoms with E-state index in [2.05, 4.69) is 12.0 Å². The fraction of sp³-hybridized carbons (Fsp3) is 0.320. The van der Waals surface area contributed by atoms with Crippen molar-refractivity contribution in [1.29, 1.82) is 0 Å². The molecule has 1 aromatic heterocycles. The van der Waals surface area contributed by atoms with Crippen molar-refractivity contribution in [3.63, 3.8) is 0 Å². The lowest BCUT2D eigenvalue weighted by Gasteiger charge is -2.36. The third-order valence-corrected chi connectivity index (χ3v) is 6.45. The zero-order chi connectivity index (χ0) is 24.0. The third-order valence-electron chi connectivity index (χ3n) is 6.45. The second-order valence-electron chi connectivity index (χ2n) is 8.78. The van der Waals surface area contributed by atoms with Crippen LogP contribution in [0.25, 0.3) is 5.57 Å². The van der Waals surface area contributed by atoms with E-state index in [1.807, 2.05) is 6.92 Å². The summed E-state index contributed by atoms with van der Waals surface area (Å²) in [5.74, 6) is -1.75. The van der Waals surface area contributed by atoms with Crippen molar-refractivity contribution < 1.29 is 19.1 Å². The van der Waals surface area contributed by atoms with Crippen molar-refractivity contribution in [2.24, 2.45) is 5.92 Å². The van der Waals surface area contributed by atoms with Gasteiger partial charge in [0.05, 0.1) is 12.7 Å². The van der Waals surface area contributed by atoms with Gasteiger partial charge in [0.1, 0.15) is 5.82 Å². The minimum Gasteiger partial charge on any atom is -0.503 e. The van der Waals surface area contributed by atoms with Gasteiger partial charge in [0.25, 0.3) is 5.91 Å². The molecule has 2 N–H and O–H groups in total. The Morgan fingerprint density at radius 1 is 1.21 bits per heavy atom. The van der Waals surface area contributed by atoms with Crippen LogP contribution in [0, 0.1) is 11.7 Å². The molecule has 0 saturated heterocycles. The van der Waals surface area contributed by atoms with E-state index in [0.29, 0.717) is 29.6 Å². The molecule has 7 nitrogen and oxygen atoms in total. The van der Waals surface area contributed by atoms with Gasteiger partial charge in [-0.2, -0.15) is 0 Å². The highest BCUT2D eigenvalue weighted by molar-refractivity contribution is 6.04. The number of carbonyl (C=O) groups is 2. The number of carbonyl (C=O) groups excluding carboxylic acids is 2. The van der Waals surface area contributed by atoms with Gasteiger partial charge in [-0.3, -0.25) is 19.4 Å². The number of aromatic hydroxyl groups is 1. The highest BCUT2D eigenvalue weighted by Gasteiger charge is 2.35. The minimum atomic E-state index is -0.685. The quantitative estimate of drug-likeness (QED) is 0.692. The van der Waals surface area contributed by atoms with E-state index in [1.54, 1.807) is 26.0 Å². The van der Waals surface area contributed by atoms with Crippen LogP contribution in [0.15, 0.2) is 53.0 Å². The Hall–Kier alpha value is -3.52. The first kappa shape index (κ1) is 22.7. The summed E-state index contributed by atoms with van der Waals surface area (Å²) in [7, 11) is 0. The average Bonchev–Trinajstić information content (AvgIpc) is 2.77. The molecule has 172 valence electrons. The average molecular weight is 451 g/mol. The largest absolute Gasteiger partial charge is 0.503 e. The van der Waals surface area contributed by atoms with E-state index in [0.717, 1.165) is 5.57 Å². The Balaban J connectivity index is 1.76. The van der Waals surface area contributed by atoms with E-state index >= 15 is 0 Å². The fourth-order valence-electron chi connectivity index (χ4n) is 4.39. The van der Waals surface area contributed by atoms with Crippen LogP contribution < -0.4 is 10.9 Å². The van der Waals surface area contributed by atoms with Gasteiger partial charge in [-0.25, -0.2) is 9.82 Å². The highest BCUT2D eigenvalue weighted by Crippen LogP contribution is 2.37. The maximum absolute atomic E-state index is 13.2. The summed E-state index contributed by atoms with van der Waals surface area (Å²) in [6.45, 7) is 9.40. The van der Waals surface area contributed by atoms with Crippen LogP contribution in [-0.4, -0.2) is 26.4 Å². The number of rotatable bonds is 4. The predicted molar refractivity (Wildman–Crippen MR) is 122 cm³/mol. The van der Waals surface area contributed by atoms with E-state index in [-0.39, 0.29) is 35.3 Å². The first-order chi connectivity index (χ1) is 15.6.